The Balaban J connectivity index is 1.47. The largest absolute Gasteiger partial charge is 0.305 e. The topological polar surface area (TPSA) is 3.24 Å². The summed E-state index contributed by atoms with van der Waals surface area (Å²) in [4.78, 5) is 4.10. The van der Waals surface area contributed by atoms with Gasteiger partial charge in [-0.3, -0.25) is 0 Å². The predicted molar refractivity (Wildman–Crippen MR) is 83.9 cm³/mol. The van der Waals surface area contributed by atoms with Gasteiger partial charge in [-0.2, -0.15) is 0 Å². The van der Waals surface area contributed by atoms with Crippen LogP contribution in [0.1, 0.15) is 37.7 Å². The van der Waals surface area contributed by atoms with E-state index in [4.69, 9.17) is 0 Å². The molecule has 1 aliphatic heterocycles. The van der Waals surface area contributed by atoms with Crippen LogP contribution in [-0.2, 0) is 6.42 Å². The van der Waals surface area contributed by atoms with Crippen LogP contribution in [0.4, 0.5) is 0 Å². The zero-order valence-corrected chi connectivity index (χ0v) is 12.8. The van der Waals surface area contributed by atoms with Crippen LogP contribution in [0.2, 0.25) is 0 Å². The van der Waals surface area contributed by atoms with Gasteiger partial charge in [0.1, 0.15) is 0 Å². The lowest BCUT2D eigenvalue weighted by Crippen LogP contribution is -2.32. The van der Waals surface area contributed by atoms with E-state index in [0.717, 1.165) is 11.2 Å². The Morgan fingerprint density at radius 2 is 1.89 bits per heavy atom. The molecule has 2 heteroatoms. The zero-order chi connectivity index (χ0) is 13.1. The van der Waals surface area contributed by atoms with Gasteiger partial charge in [0.2, 0.25) is 0 Å². The van der Waals surface area contributed by atoms with Crippen LogP contribution in [0.15, 0.2) is 29.2 Å². The second kappa shape index (κ2) is 6.32. The maximum Gasteiger partial charge on any atom is 0.0263 e. The smallest absolute Gasteiger partial charge is 0.0263 e. The van der Waals surface area contributed by atoms with Crippen LogP contribution in [0.5, 0.6) is 0 Å². The fourth-order valence-electron chi connectivity index (χ4n) is 3.59. The van der Waals surface area contributed by atoms with Crippen LogP contribution < -0.4 is 0 Å². The molecule has 1 nitrogen and oxygen atoms in total. The van der Waals surface area contributed by atoms with Gasteiger partial charge in [-0.05, 0) is 43.9 Å². The summed E-state index contributed by atoms with van der Waals surface area (Å²) < 4.78 is 0. The molecule has 1 heterocycles. The molecule has 1 aliphatic carbocycles. The van der Waals surface area contributed by atoms with Crippen molar-refractivity contribution in [3.63, 3.8) is 0 Å². The number of benzene rings is 1. The fourth-order valence-corrected chi connectivity index (χ4v) is 5.00. The number of thioether (sulfide) groups is 1. The van der Waals surface area contributed by atoms with E-state index >= 15 is 0 Å². The minimum absolute atomic E-state index is 0.769. The molecule has 1 fully saturated rings. The molecule has 3 rings (SSSR count). The van der Waals surface area contributed by atoms with Crippen LogP contribution >= 0.6 is 11.8 Å². The van der Waals surface area contributed by atoms with Crippen molar-refractivity contribution in [2.45, 2.75) is 48.7 Å². The first-order chi connectivity index (χ1) is 9.31. The molecule has 104 valence electrons. The molecule has 0 spiro atoms. The van der Waals surface area contributed by atoms with Gasteiger partial charge >= 0.3 is 0 Å². The maximum absolute atomic E-state index is 2.58. The van der Waals surface area contributed by atoms with Gasteiger partial charge in [0.15, 0.2) is 0 Å². The summed E-state index contributed by atoms with van der Waals surface area (Å²) in [6.07, 6.45) is 8.57. The van der Waals surface area contributed by atoms with Gasteiger partial charge in [0.05, 0.1) is 0 Å². The zero-order valence-electron chi connectivity index (χ0n) is 12.0. The molecule has 1 saturated carbocycles. The summed E-state index contributed by atoms with van der Waals surface area (Å²) in [5, 5.41) is 0.769. The molecular weight excluding hydrogens is 250 g/mol. The molecule has 19 heavy (non-hydrogen) atoms. The molecule has 1 aromatic rings. The summed E-state index contributed by atoms with van der Waals surface area (Å²) in [5.41, 5.74) is 1.56. The summed E-state index contributed by atoms with van der Waals surface area (Å²) in [5.74, 6) is 0.965. The average Bonchev–Trinajstić information content (AvgIpc) is 2.81. The van der Waals surface area contributed by atoms with Gasteiger partial charge in [-0.15, -0.1) is 11.8 Å². The number of fused-ring (bicyclic) bond motifs is 1. The summed E-state index contributed by atoms with van der Waals surface area (Å²) >= 11 is 2.08. The highest BCUT2D eigenvalue weighted by Crippen LogP contribution is 2.37. The average molecular weight is 275 g/mol. The molecule has 1 unspecified atom stereocenters. The van der Waals surface area contributed by atoms with Crippen molar-refractivity contribution in [1.29, 1.82) is 0 Å². The number of hydrogen-bond donors (Lipinski definition) is 0. The van der Waals surface area contributed by atoms with Gasteiger partial charge in [0, 0.05) is 23.2 Å². The first kappa shape index (κ1) is 13.5. The summed E-state index contributed by atoms with van der Waals surface area (Å²) in [6.45, 7) is 2.56. The standard InChI is InChI=1S/C17H25NS/c1-18(12-14-7-3-2-4-8-14)13-16-11-15-9-5-6-10-17(15)19-16/h5-6,9-10,14,16H,2-4,7-8,11-13H2,1H3. The highest BCUT2D eigenvalue weighted by atomic mass is 32.2. The maximum atomic E-state index is 2.58. The Hall–Kier alpha value is -0.470. The van der Waals surface area contributed by atoms with Crippen LogP contribution in [0.25, 0.3) is 0 Å². The Morgan fingerprint density at radius 3 is 2.68 bits per heavy atom. The number of rotatable bonds is 4. The van der Waals surface area contributed by atoms with E-state index in [0.29, 0.717) is 0 Å². The first-order valence-electron chi connectivity index (χ1n) is 7.74. The minimum Gasteiger partial charge on any atom is -0.305 e. The Kier molecular flexibility index (Phi) is 4.49. The van der Waals surface area contributed by atoms with Gasteiger partial charge in [-0.25, -0.2) is 0 Å². The second-order valence-corrected chi connectivity index (χ2v) is 7.62. The molecule has 0 saturated heterocycles. The lowest BCUT2D eigenvalue weighted by Gasteiger charge is -2.28. The molecular formula is C17H25NS. The summed E-state index contributed by atoms with van der Waals surface area (Å²) in [6, 6.07) is 8.91. The fraction of sp³-hybridized carbons (Fsp3) is 0.647. The highest BCUT2D eigenvalue weighted by molar-refractivity contribution is 8.00. The van der Waals surface area contributed by atoms with Crippen molar-refractivity contribution in [1.82, 2.24) is 4.90 Å². The minimum atomic E-state index is 0.769. The Labute approximate surface area is 121 Å². The third-order valence-corrected chi connectivity index (χ3v) is 5.83. The van der Waals surface area contributed by atoms with E-state index in [2.05, 4.69) is 48.0 Å². The molecule has 1 aromatic carbocycles. The van der Waals surface area contributed by atoms with Crippen LogP contribution in [-0.4, -0.2) is 30.3 Å². The van der Waals surface area contributed by atoms with E-state index < -0.39 is 0 Å². The third kappa shape index (κ3) is 3.55. The number of nitrogens with zero attached hydrogens (tertiary/aromatic N) is 1. The van der Waals surface area contributed by atoms with Gasteiger partial charge < -0.3 is 4.90 Å². The lowest BCUT2D eigenvalue weighted by molar-refractivity contribution is 0.234. The molecule has 1 atom stereocenters. The van der Waals surface area contributed by atoms with E-state index in [-0.39, 0.29) is 0 Å². The molecule has 0 amide bonds. The summed E-state index contributed by atoms with van der Waals surface area (Å²) in [7, 11) is 2.32. The van der Waals surface area contributed by atoms with E-state index in [9.17, 15) is 0 Å². The Morgan fingerprint density at radius 1 is 1.11 bits per heavy atom. The van der Waals surface area contributed by atoms with Crippen molar-refractivity contribution >= 4 is 11.8 Å². The lowest BCUT2D eigenvalue weighted by atomic mass is 9.89. The van der Waals surface area contributed by atoms with Crippen molar-refractivity contribution in [3.05, 3.63) is 29.8 Å². The van der Waals surface area contributed by atoms with Gasteiger partial charge in [0.25, 0.3) is 0 Å². The van der Waals surface area contributed by atoms with Crippen molar-refractivity contribution < 1.29 is 0 Å². The molecule has 0 radical (unpaired) electrons. The molecule has 0 N–H and O–H groups in total. The number of hydrogen-bond acceptors (Lipinski definition) is 2. The van der Waals surface area contributed by atoms with Crippen molar-refractivity contribution in [2.75, 3.05) is 20.1 Å². The van der Waals surface area contributed by atoms with E-state index in [1.165, 1.54) is 56.5 Å². The van der Waals surface area contributed by atoms with Crippen LogP contribution in [0, 0.1) is 5.92 Å². The Bertz CT molecular complexity index is 386. The highest BCUT2D eigenvalue weighted by Gasteiger charge is 2.24. The predicted octanol–water partition coefficient (Wildman–Crippen LogP) is 4.22. The second-order valence-electron chi connectivity index (χ2n) is 6.28. The molecule has 0 bridgehead atoms. The molecule has 2 aliphatic rings. The third-order valence-electron chi connectivity index (χ3n) is 4.52. The SMILES string of the molecule is CN(CC1CCCCC1)CC1Cc2ccccc2S1. The van der Waals surface area contributed by atoms with Crippen LogP contribution in [0.3, 0.4) is 0 Å². The quantitative estimate of drug-likeness (QED) is 0.809. The van der Waals surface area contributed by atoms with Crippen molar-refractivity contribution in [3.8, 4) is 0 Å². The van der Waals surface area contributed by atoms with Crippen molar-refractivity contribution in [2.24, 2.45) is 5.92 Å². The van der Waals surface area contributed by atoms with Gasteiger partial charge in [-0.1, -0.05) is 37.5 Å². The van der Waals surface area contributed by atoms with E-state index in [1.54, 1.807) is 5.56 Å². The monoisotopic (exact) mass is 275 g/mol. The first-order valence-corrected chi connectivity index (χ1v) is 8.62. The van der Waals surface area contributed by atoms with E-state index in [1.807, 2.05) is 0 Å². The molecule has 0 aromatic heterocycles. The normalized spacial score (nSPS) is 23.8.